The van der Waals surface area contributed by atoms with Gasteiger partial charge in [-0.25, -0.2) is 0 Å². The van der Waals surface area contributed by atoms with Gasteiger partial charge in [-0.3, -0.25) is 4.79 Å². The van der Waals surface area contributed by atoms with Gasteiger partial charge in [0.25, 0.3) is 5.91 Å². The van der Waals surface area contributed by atoms with Crippen LogP contribution in [0, 0.1) is 12.8 Å². The molecule has 1 aromatic carbocycles. The third-order valence-electron chi connectivity index (χ3n) is 2.96. The topological polar surface area (TPSA) is 29.1 Å². The summed E-state index contributed by atoms with van der Waals surface area (Å²) in [5.74, 6) is 1.12. The maximum Gasteiger partial charge on any atom is 0.251 e. The average molecular weight is 254 g/mol. The standard InChI is InChI=1S/C14H20ClNO/c1-3-12(8-9-15)10-16-14(17)13-6-4-11(2)5-7-13/h4-7,12H,3,8-10H2,1-2H3,(H,16,17). The summed E-state index contributed by atoms with van der Waals surface area (Å²) >= 11 is 5.71. The zero-order valence-electron chi connectivity index (χ0n) is 10.5. The Morgan fingerprint density at radius 2 is 2.00 bits per heavy atom. The second kappa shape index (κ2) is 7.33. The van der Waals surface area contributed by atoms with Gasteiger partial charge < -0.3 is 5.32 Å². The molecule has 0 radical (unpaired) electrons. The summed E-state index contributed by atoms with van der Waals surface area (Å²) in [5, 5.41) is 2.96. The molecule has 1 unspecified atom stereocenters. The fourth-order valence-electron chi connectivity index (χ4n) is 1.65. The summed E-state index contributed by atoms with van der Waals surface area (Å²) in [6.07, 6.45) is 1.99. The van der Waals surface area contributed by atoms with Crippen LogP contribution in [0.25, 0.3) is 0 Å². The fraction of sp³-hybridized carbons (Fsp3) is 0.500. The molecule has 0 bridgehead atoms. The molecular formula is C14H20ClNO. The Morgan fingerprint density at radius 3 is 2.53 bits per heavy atom. The Kier molecular flexibility index (Phi) is 6.06. The Balaban J connectivity index is 2.46. The minimum atomic E-state index is -0.00183. The smallest absolute Gasteiger partial charge is 0.251 e. The van der Waals surface area contributed by atoms with Crippen molar-refractivity contribution in [3.63, 3.8) is 0 Å². The Hall–Kier alpha value is -1.02. The molecule has 2 nitrogen and oxygen atoms in total. The van der Waals surface area contributed by atoms with Crippen LogP contribution in [0.5, 0.6) is 0 Å². The van der Waals surface area contributed by atoms with E-state index in [2.05, 4.69) is 12.2 Å². The molecular weight excluding hydrogens is 234 g/mol. The van der Waals surface area contributed by atoms with E-state index in [0.29, 0.717) is 18.3 Å². The van der Waals surface area contributed by atoms with Crippen LogP contribution < -0.4 is 5.32 Å². The highest BCUT2D eigenvalue weighted by atomic mass is 35.5. The number of carbonyl (C=O) groups excluding carboxylic acids is 1. The van der Waals surface area contributed by atoms with Crippen molar-refractivity contribution in [1.82, 2.24) is 5.32 Å². The van der Waals surface area contributed by atoms with Gasteiger partial charge in [0.1, 0.15) is 0 Å². The number of carbonyl (C=O) groups is 1. The average Bonchev–Trinajstić information content (AvgIpc) is 2.35. The zero-order valence-corrected chi connectivity index (χ0v) is 11.3. The summed E-state index contributed by atoms with van der Waals surface area (Å²) in [4.78, 5) is 11.8. The lowest BCUT2D eigenvalue weighted by atomic mass is 10.0. The molecule has 1 rings (SSSR count). The minimum Gasteiger partial charge on any atom is -0.352 e. The number of amides is 1. The number of nitrogens with one attached hydrogen (secondary N) is 1. The minimum absolute atomic E-state index is 0.00183. The van der Waals surface area contributed by atoms with E-state index in [4.69, 9.17) is 11.6 Å². The van der Waals surface area contributed by atoms with Crippen LogP contribution in [0.1, 0.15) is 35.7 Å². The maximum absolute atomic E-state index is 11.8. The highest BCUT2D eigenvalue weighted by molar-refractivity contribution is 6.17. The summed E-state index contributed by atoms with van der Waals surface area (Å²) < 4.78 is 0. The molecule has 0 aromatic heterocycles. The second-order valence-electron chi connectivity index (χ2n) is 4.33. The van der Waals surface area contributed by atoms with Gasteiger partial charge in [0, 0.05) is 18.0 Å². The molecule has 1 N–H and O–H groups in total. The predicted octanol–water partition coefficient (Wildman–Crippen LogP) is 3.38. The lowest BCUT2D eigenvalue weighted by Crippen LogP contribution is -2.29. The number of alkyl halides is 1. The van der Waals surface area contributed by atoms with E-state index in [0.717, 1.165) is 24.0 Å². The molecule has 0 heterocycles. The normalized spacial score (nSPS) is 12.2. The van der Waals surface area contributed by atoms with Gasteiger partial charge in [-0.05, 0) is 31.4 Å². The highest BCUT2D eigenvalue weighted by Gasteiger charge is 2.09. The van der Waals surface area contributed by atoms with Gasteiger partial charge >= 0.3 is 0 Å². The van der Waals surface area contributed by atoms with E-state index in [-0.39, 0.29) is 5.91 Å². The van der Waals surface area contributed by atoms with Crippen molar-refractivity contribution in [2.75, 3.05) is 12.4 Å². The summed E-state index contributed by atoms with van der Waals surface area (Å²) in [6, 6.07) is 7.61. The number of hydrogen-bond acceptors (Lipinski definition) is 1. The van der Waals surface area contributed by atoms with Crippen LogP contribution in [0.2, 0.25) is 0 Å². The summed E-state index contributed by atoms with van der Waals surface area (Å²) in [6.45, 7) is 4.83. The Morgan fingerprint density at radius 1 is 1.35 bits per heavy atom. The first-order valence-corrected chi connectivity index (χ1v) is 6.61. The Bertz CT molecular complexity index is 348. The van der Waals surface area contributed by atoms with Crippen LogP contribution in [-0.4, -0.2) is 18.3 Å². The number of hydrogen-bond donors (Lipinski definition) is 1. The SMILES string of the molecule is CCC(CCCl)CNC(=O)c1ccc(C)cc1. The lowest BCUT2D eigenvalue weighted by Gasteiger charge is -2.14. The van der Waals surface area contributed by atoms with Gasteiger partial charge in [0.05, 0.1) is 0 Å². The zero-order chi connectivity index (χ0) is 12.7. The molecule has 3 heteroatoms. The predicted molar refractivity (Wildman–Crippen MR) is 72.6 cm³/mol. The number of halogens is 1. The number of aryl methyl sites for hydroxylation is 1. The van der Waals surface area contributed by atoms with Crippen molar-refractivity contribution in [1.29, 1.82) is 0 Å². The Labute approximate surface area is 108 Å². The van der Waals surface area contributed by atoms with Crippen molar-refractivity contribution in [2.24, 2.45) is 5.92 Å². The van der Waals surface area contributed by atoms with Gasteiger partial charge in [-0.1, -0.05) is 31.0 Å². The molecule has 0 aliphatic heterocycles. The molecule has 0 spiro atoms. The van der Waals surface area contributed by atoms with E-state index in [1.165, 1.54) is 0 Å². The van der Waals surface area contributed by atoms with Gasteiger partial charge in [0.15, 0.2) is 0 Å². The van der Waals surface area contributed by atoms with Crippen LogP contribution in [0.4, 0.5) is 0 Å². The second-order valence-corrected chi connectivity index (χ2v) is 4.71. The quantitative estimate of drug-likeness (QED) is 0.774. The summed E-state index contributed by atoms with van der Waals surface area (Å²) in [5.41, 5.74) is 1.88. The van der Waals surface area contributed by atoms with Gasteiger partial charge in [-0.15, -0.1) is 11.6 Å². The van der Waals surface area contributed by atoms with Crippen molar-refractivity contribution < 1.29 is 4.79 Å². The van der Waals surface area contributed by atoms with Crippen molar-refractivity contribution in [2.45, 2.75) is 26.7 Å². The molecule has 17 heavy (non-hydrogen) atoms. The van der Waals surface area contributed by atoms with Crippen molar-refractivity contribution >= 4 is 17.5 Å². The maximum atomic E-state index is 11.8. The van der Waals surface area contributed by atoms with E-state index < -0.39 is 0 Å². The van der Waals surface area contributed by atoms with Crippen LogP contribution in [0.3, 0.4) is 0 Å². The third-order valence-corrected chi connectivity index (χ3v) is 3.18. The molecule has 1 amide bonds. The van der Waals surface area contributed by atoms with Crippen molar-refractivity contribution in [3.8, 4) is 0 Å². The first kappa shape index (κ1) is 14.0. The molecule has 0 saturated carbocycles. The van der Waals surface area contributed by atoms with E-state index in [9.17, 15) is 4.79 Å². The largest absolute Gasteiger partial charge is 0.352 e. The molecule has 0 aliphatic carbocycles. The highest BCUT2D eigenvalue weighted by Crippen LogP contribution is 2.08. The molecule has 94 valence electrons. The molecule has 0 aliphatic rings. The molecule has 0 fully saturated rings. The first-order valence-electron chi connectivity index (χ1n) is 6.08. The van der Waals surface area contributed by atoms with E-state index >= 15 is 0 Å². The molecule has 1 aromatic rings. The van der Waals surface area contributed by atoms with Crippen LogP contribution in [-0.2, 0) is 0 Å². The third kappa shape index (κ3) is 4.78. The fourth-order valence-corrected chi connectivity index (χ4v) is 1.96. The molecule has 1 atom stereocenters. The van der Waals surface area contributed by atoms with E-state index in [1.807, 2.05) is 31.2 Å². The molecule has 0 saturated heterocycles. The monoisotopic (exact) mass is 253 g/mol. The van der Waals surface area contributed by atoms with Crippen molar-refractivity contribution in [3.05, 3.63) is 35.4 Å². The van der Waals surface area contributed by atoms with Crippen LogP contribution >= 0.6 is 11.6 Å². The van der Waals surface area contributed by atoms with Crippen LogP contribution in [0.15, 0.2) is 24.3 Å². The lowest BCUT2D eigenvalue weighted by molar-refractivity contribution is 0.0946. The van der Waals surface area contributed by atoms with Gasteiger partial charge in [-0.2, -0.15) is 0 Å². The first-order chi connectivity index (χ1) is 8.17. The van der Waals surface area contributed by atoms with E-state index in [1.54, 1.807) is 0 Å². The number of rotatable bonds is 6. The number of benzene rings is 1. The summed E-state index contributed by atoms with van der Waals surface area (Å²) in [7, 11) is 0. The van der Waals surface area contributed by atoms with Gasteiger partial charge in [0.2, 0.25) is 0 Å².